The summed E-state index contributed by atoms with van der Waals surface area (Å²) in [6.07, 6.45) is 5.11. The zero-order valence-corrected chi connectivity index (χ0v) is 18.0. The molecule has 6 heteroatoms. The van der Waals surface area contributed by atoms with Gasteiger partial charge in [-0.1, -0.05) is 12.1 Å². The highest BCUT2D eigenvalue weighted by Crippen LogP contribution is 2.46. The average Bonchev–Trinajstić information content (AvgIpc) is 3.10. The lowest BCUT2D eigenvalue weighted by Gasteiger charge is -2.47. The number of piperidine rings is 1. The molecule has 3 aromatic rings. The maximum atomic E-state index is 11.4. The number of nitrogens with zero attached hydrogens (tertiary/aromatic N) is 1. The second kappa shape index (κ2) is 7.70. The van der Waals surface area contributed by atoms with Crippen LogP contribution in [0.5, 0.6) is 5.75 Å². The molecule has 3 aliphatic heterocycles. The molecule has 3 fully saturated rings. The fraction of sp³-hybridized carbons (Fsp3) is 0.400. The van der Waals surface area contributed by atoms with Gasteiger partial charge in [0.2, 0.25) is 0 Å². The molecule has 1 unspecified atom stereocenters. The number of carbonyl (C=O) groups is 1. The van der Waals surface area contributed by atoms with Crippen LogP contribution in [0, 0.1) is 6.92 Å². The minimum atomic E-state index is -0.895. The number of carboxylic acid groups (broad SMARTS) is 1. The molecule has 2 atom stereocenters. The van der Waals surface area contributed by atoms with Crippen molar-refractivity contribution < 1.29 is 19.4 Å². The first-order chi connectivity index (χ1) is 15.0. The van der Waals surface area contributed by atoms with Crippen LogP contribution in [0.25, 0.3) is 10.9 Å². The molecule has 6 rings (SSSR count). The van der Waals surface area contributed by atoms with E-state index in [4.69, 9.17) is 9.47 Å². The van der Waals surface area contributed by atoms with Gasteiger partial charge in [0.25, 0.3) is 0 Å². The molecule has 0 saturated carbocycles. The van der Waals surface area contributed by atoms with E-state index in [0.717, 1.165) is 49.2 Å². The summed E-state index contributed by atoms with van der Waals surface area (Å²) in [5.41, 5.74) is 4.80. The number of aryl methyl sites for hydroxylation is 1. The second-order valence-corrected chi connectivity index (χ2v) is 8.72. The first-order valence-corrected chi connectivity index (χ1v) is 10.9. The Bertz CT molecular complexity index is 1120. The number of aromatic carboxylic acids is 1. The molecular weight excluding hydrogens is 392 g/mol. The molecule has 162 valence electrons. The Morgan fingerprint density at radius 2 is 2.10 bits per heavy atom. The van der Waals surface area contributed by atoms with Crippen LogP contribution < -0.4 is 4.74 Å². The van der Waals surface area contributed by atoms with Crippen molar-refractivity contribution in [1.82, 2.24) is 9.88 Å². The molecule has 6 nitrogen and oxygen atoms in total. The van der Waals surface area contributed by atoms with Gasteiger partial charge in [-0.15, -0.1) is 0 Å². The van der Waals surface area contributed by atoms with E-state index in [-0.39, 0.29) is 11.6 Å². The monoisotopic (exact) mass is 420 g/mol. The third kappa shape index (κ3) is 3.30. The number of methoxy groups -OCH3 is 1. The first kappa shape index (κ1) is 20.1. The summed E-state index contributed by atoms with van der Waals surface area (Å²) in [5, 5.41) is 10.5. The highest BCUT2D eigenvalue weighted by molar-refractivity contribution is 5.88. The SMILES string of the molecule is COc1cc(C)c2[nH]ccc2c1CN1CC2CC[C@]1(c1ccc(C(=O)O)cc1)CCO2. The van der Waals surface area contributed by atoms with Crippen LogP contribution in [0.15, 0.2) is 42.6 Å². The number of aromatic nitrogens is 1. The van der Waals surface area contributed by atoms with Gasteiger partial charge in [0.15, 0.2) is 0 Å². The number of H-pyrrole nitrogens is 1. The number of rotatable bonds is 5. The molecule has 1 aromatic heterocycles. The van der Waals surface area contributed by atoms with Gasteiger partial charge in [-0.05, 0) is 61.6 Å². The number of fused-ring (bicyclic) bond motifs is 5. The number of carboxylic acids is 1. The van der Waals surface area contributed by atoms with Crippen LogP contribution in [0.3, 0.4) is 0 Å². The standard InChI is InChI=1S/C25H28N2O4/c1-16-13-22(30-2)21(20-8-11-26-23(16)20)15-27-14-19-7-9-25(27,10-12-31-19)18-5-3-17(4-6-18)24(28)29/h3-6,8,11,13,19,26H,7,9-10,12,14-15H2,1-2H3,(H,28,29)/t19?,25-/m1/s1. The molecule has 0 radical (unpaired) electrons. The number of hydrogen-bond acceptors (Lipinski definition) is 4. The maximum Gasteiger partial charge on any atom is 0.335 e. The minimum absolute atomic E-state index is 0.178. The smallest absolute Gasteiger partial charge is 0.335 e. The largest absolute Gasteiger partial charge is 0.496 e. The second-order valence-electron chi connectivity index (χ2n) is 8.72. The molecule has 31 heavy (non-hydrogen) atoms. The van der Waals surface area contributed by atoms with Crippen molar-refractivity contribution in [3.8, 4) is 5.75 Å². The van der Waals surface area contributed by atoms with E-state index in [1.807, 2.05) is 18.3 Å². The van der Waals surface area contributed by atoms with Crippen LogP contribution in [-0.4, -0.2) is 47.3 Å². The van der Waals surface area contributed by atoms with Crippen molar-refractivity contribution in [2.45, 2.75) is 44.4 Å². The fourth-order valence-corrected chi connectivity index (χ4v) is 5.47. The summed E-state index contributed by atoms with van der Waals surface area (Å²) >= 11 is 0. The van der Waals surface area contributed by atoms with Crippen molar-refractivity contribution in [2.24, 2.45) is 0 Å². The highest BCUT2D eigenvalue weighted by atomic mass is 16.5. The van der Waals surface area contributed by atoms with E-state index in [9.17, 15) is 9.90 Å². The van der Waals surface area contributed by atoms with Crippen molar-refractivity contribution in [1.29, 1.82) is 0 Å². The van der Waals surface area contributed by atoms with Crippen LogP contribution in [0.2, 0.25) is 0 Å². The summed E-state index contributed by atoms with van der Waals surface area (Å²) < 4.78 is 11.9. The van der Waals surface area contributed by atoms with Gasteiger partial charge in [0.1, 0.15) is 5.75 Å². The summed E-state index contributed by atoms with van der Waals surface area (Å²) in [6, 6.07) is 11.6. The molecule has 2 N–H and O–H groups in total. The minimum Gasteiger partial charge on any atom is -0.496 e. The third-order valence-corrected chi connectivity index (χ3v) is 7.13. The van der Waals surface area contributed by atoms with Gasteiger partial charge in [-0.3, -0.25) is 4.90 Å². The Morgan fingerprint density at radius 3 is 2.84 bits per heavy atom. The molecule has 3 aliphatic rings. The lowest BCUT2D eigenvalue weighted by atomic mass is 9.77. The lowest BCUT2D eigenvalue weighted by molar-refractivity contribution is -0.00631. The van der Waals surface area contributed by atoms with Gasteiger partial charge in [-0.2, -0.15) is 0 Å². The van der Waals surface area contributed by atoms with E-state index in [1.54, 1.807) is 19.2 Å². The van der Waals surface area contributed by atoms with Gasteiger partial charge in [-0.25, -0.2) is 4.79 Å². The van der Waals surface area contributed by atoms with Gasteiger partial charge >= 0.3 is 5.97 Å². The van der Waals surface area contributed by atoms with E-state index in [0.29, 0.717) is 12.2 Å². The Morgan fingerprint density at radius 1 is 1.29 bits per heavy atom. The molecule has 2 bridgehead atoms. The van der Waals surface area contributed by atoms with Crippen LogP contribution >= 0.6 is 0 Å². The third-order valence-electron chi connectivity index (χ3n) is 7.13. The van der Waals surface area contributed by atoms with Crippen LogP contribution in [0.4, 0.5) is 0 Å². The number of benzene rings is 2. The van der Waals surface area contributed by atoms with Gasteiger partial charge in [0.05, 0.1) is 18.8 Å². The summed E-state index contributed by atoms with van der Waals surface area (Å²) in [4.78, 5) is 17.3. The van der Waals surface area contributed by atoms with Crippen molar-refractivity contribution >= 4 is 16.9 Å². The van der Waals surface area contributed by atoms with Crippen molar-refractivity contribution in [2.75, 3.05) is 20.3 Å². The highest BCUT2D eigenvalue weighted by Gasteiger charge is 2.46. The average molecular weight is 421 g/mol. The lowest BCUT2D eigenvalue weighted by Crippen LogP contribution is -2.51. The predicted molar refractivity (Wildman–Crippen MR) is 119 cm³/mol. The summed E-state index contributed by atoms with van der Waals surface area (Å²) in [5.74, 6) is 0.00932. The Hall–Kier alpha value is -2.83. The molecule has 3 saturated heterocycles. The fourth-order valence-electron chi connectivity index (χ4n) is 5.47. The zero-order valence-electron chi connectivity index (χ0n) is 18.0. The Kier molecular flexibility index (Phi) is 4.99. The number of ether oxygens (including phenoxy) is 2. The molecule has 0 spiro atoms. The van der Waals surface area contributed by atoms with Crippen molar-refractivity contribution in [3.63, 3.8) is 0 Å². The maximum absolute atomic E-state index is 11.4. The quantitative estimate of drug-likeness (QED) is 0.637. The van der Waals surface area contributed by atoms with Crippen LogP contribution in [0.1, 0.15) is 46.3 Å². The van der Waals surface area contributed by atoms with E-state index in [1.165, 1.54) is 16.5 Å². The number of nitrogens with one attached hydrogen (secondary N) is 1. The van der Waals surface area contributed by atoms with E-state index < -0.39 is 5.97 Å². The summed E-state index contributed by atoms with van der Waals surface area (Å²) in [7, 11) is 1.73. The normalized spacial score (nSPS) is 23.7. The molecular formula is C25H28N2O4. The molecule has 4 heterocycles. The Labute approximate surface area is 181 Å². The predicted octanol–water partition coefficient (Wildman–Crippen LogP) is 4.46. The zero-order chi connectivity index (χ0) is 21.6. The Balaban J connectivity index is 1.59. The first-order valence-electron chi connectivity index (χ1n) is 10.9. The summed E-state index contributed by atoms with van der Waals surface area (Å²) in [6.45, 7) is 4.41. The number of hydrogen-bond donors (Lipinski definition) is 2. The van der Waals surface area contributed by atoms with Crippen LogP contribution in [-0.2, 0) is 16.8 Å². The van der Waals surface area contributed by atoms with Gasteiger partial charge in [0, 0.05) is 47.9 Å². The van der Waals surface area contributed by atoms with Crippen molar-refractivity contribution in [3.05, 3.63) is 64.8 Å². The van der Waals surface area contributed by atoms with Gasteiger partial charge < -0.3 is 19.6 Å². The topological polar surface area (TPSA) is 74.8 Å². The molecule has 0 amide bonds. The van der Waals surface area contributed by atoms with E-state index in [2.05, 4.69) is 28.9 Å². The number of aromatic amines is 1. The molecule has 0 aliphatic carbocycles. The van der Waals surface area contributed by atoms with E-state index >= 15 is 0 Å². The molecule has 2 aromatic carbocycles.